The zero-order valence-corrected chi connectivity index (χ0v) is 11.5. The average Bonchev–Trinajstić information content (AvgIpc) is 2.29. The minimum atomic E-state index is -3.37. The number of sulfonamides is 1. The van der Waals surface area contributed by atoms with Gasteiger partial charge >= 0.3 is 0 Å². The van der Waals surface area contributed by atoms with E-state index in [1.165, 1.54) is 0 Å². The molecule has 17 heavy (non-hydrogen) atoms. The van der Waals surface area contributed by atoms with Crippen LogP contribution in [0.15, 0.2) is 22.8 Å². The van der Waals surface area contributed by atoms with E-state index in [1.807, 2.05) is 0 Å². The molecule has 0 aromatic carbocycles. The van der Waals surface area contributed by atoms with Crippen molar-refractivity contribution in [2.45, 2.75) is 18.1 Å². The molecule has 0 amide bonds. The lowest BCUT2D eigenvalue weighted by Gasteiger charge is -2.22. The highest BCUT2D eigenvalue weighted by Crippen LogP contribution is 2.19. The first-order chi connectivity index (χ1) is 8.08. The zero-order chi connectivity index (χ0) is 12.3. The second-order valence-electron chi connectivity index (χ2n) is 3.80. The second-order valence-corrected chi connectivity index (χ2v) is 6.58. The van der Waals surface area contributed by atoms with Crippen molar-refractivity contribution < 1.29 is 13.2 Å². The van der Waals surface area contributed by atoms with Gasteiger partial charge in [-0.25, -0.2) is 13.4 Å². The van der Waals surface area contributed by atoms with Crippen molar-refractivity contribution >= 4 is 31.8 Å². The Bertz CT molecular complexity index is 486. The maximum Gasteiger partial charge on any atom is 0.236 e. The normalized spacial score (nSPS) is 17.9. The number of nitrogens with zero attached hydrogens (tertiary/aromatic N) is 1. The smallest absolute Gasteiger partial charge is 0.236 e. The fraction of sp³-hybridized carbons (Fsp3) is 0.500. The highest BCUT2D eigenvalue weighted by Gasteiger charge is 2.27. The number of pyridine rings is 1. The van der Waals surface area contributed by atoms with Gasteiger partial charge in [-0.1, -0.05) is 6.07 Å². The maximum atomic E-state index is 12.0. The van der Waals surface area contributed by atoms with Gasteiger partial charge in [0, 0.05) is 13.2 Å². The van der Waals surface area contributed by atoms with Crippen LogP contribution < -0.4 is 4.72 Å². The van der Waals surface area contributed by atoms with Crippen LogP contribution in [-0.4, -0.2) is 31.9 Å². The van der Waals surface area contributed by atoms with Crippen LogP contribution in [0.4, 0.5) is 5.82 Å². The summed E-state index contributed by atoms with van der Waals surface area (Å²) < 4.78 is 32.3. The molecule has 0 spiro atoms. The molecule has 0 unspecified atom stereocenters. The van der Waals surface area contributed by atoms with Gasteiger partial charge in [-0.2, -0.15) is 0 Å². The van der Waals surface area contributed by atoms with Crippen LogP contribution in [0.3, 0.4) is 0 Å². The quantitative estimate of drug-likeness (QED) is 0.862. The van der Waals surface area contributed by atoms with Gasteiger partial charge in [0.25, 0.3) is 0 Å². The fourth-order valence-electron chi connectivity index (χ4n) is 1.68. The molecule has 5 nitrogen and oxygen atoms in total. The molecule has 2 heterocycles. The molecule has 2 rings (SSSR count). The van der Waals surface area contributed by atoms with E-state index >= 15 is 0 Å². The van der Waals surface area contributed by atoms with E-state index in [0.29, 0.717) is 36.5 Å². The first-order valence-corrected chi connectivity index (χ1v) is 7.64. The van der Waals surface area contributed by atoms with Crippen LogP contribution in [0.1, 0.15) is 12.8 Å². The number of rotatable bonds is 3. The Morgan fingerprint density at radius 1 is 1.35 bits per heavy atom. The summed E-state index contributed by atoms with van der Waals surface area (Å²) in [6.07, 6.45) is 1.06. The van der Waals surface area contributed by atoms with E-state index in [4.69, 9.17) is 4.74 Å². The van der Waals surface area contributed by atoms with Crippen molar-refractivity contribution in [3.8, 4) is 0 Å². The van der Waals surface area contributed by atoms with Gasteiger partial charge in [0.15, 0.2) is 0 Å². The van der Waals surface area contributed by atoms with E-state index in [2.05, 4.69) is 25.6 Å². The summed E-state index contributed by atoms with van der Waals surface area (Å²) in [5, 5.41) is -0.392. The highest BCUT2D eigenvalue weighted by molar-refractivity contribution is 9.10. The molecular weight excluding hydrogens is 308 g/mol. The number of hydrogen-bond acceptors (Lipinski definition) is 4. The lowest BCUT2D eigenvalue weighted by molar-refractivity contribution is 0.0984. The molecule has 1 N–H and O–H groups in total. The third kappa shape index (κ3) is 3.40. The molecule has 0 aliphatic carbocycles. The number of aromatic nitrogens is 1. The number of hydrogen-bond donors (Lipinski definition) is 1. The number of anilines is 1. The largest absolute Gasteiger partial charge is 0.381 e. The summed E-state index contributed by atoms with van der Waals surface area (Å²) in [4.78, 5) is 4.05. The highest BCUT2D eigenvalue weighted by atomic mass is 79.9. The summed E-state index contributed by atoms with van der Waals surface area (Å²) in [6.45, 7) is 0.995. The van der Waals surface area contributed by atoms with Crippen LogP contribution in [0, 0.1) is 0 Å². The molecule has 1 aromatic rings. The molecule has 0 radical (unpaired) electrons. The maximum absolute atomic E-state index is 12.0. The molecule has 0 atom stereocenters. The number of halogens is 1. The van der Waals surface area contributed by atoms with Crippen molar-refractivity contribution in [1.82, 2.24) is 4.98 Å². The molecule has 0 saturated carbocycles. The minimum Gasteiger partial charge on any atom is -0.381 e. The minimum absolute atomic E-state index is 0.339. The summed E-state index contributed by atoms with van der Waals surface area (Å²) in [5.74, 6) is 0.339. The van der Waals surface area contributed by atoms with Gasteiger partial charge < -0.3 is 4.74 Å². The fourth-order valence-corrected chi connectivity index (χ4v) is 3.41. The van der Waals surface area contributed by atoms with Crippen molar-refractivity contribution in [2.24, 2.45) is 0 Å². The number of ether oxygens (including phenoxy) is 1. The van der Waals surface area contributed by atoms with Gasteiger partial charge in [0.2, 0.25) is 10.0 Å². The third-order valence-electron chi connectivity index (χ3n) is 2.57. The van der Waals surface area contributed by atoms with Crippen molar-refractivity contribution in [2.75, 3.05) is 17.9 Å². The first kappa shape index (κ1) is 12.8. The molecule has 1 aromatic heterocycles. The molecular formula is C10H13BrN2O3S. The predicted molar refractivity (Wildman–Crippen MR) is 68.3 cm³/mol. The van der Waals surface area contributed by atoms with E-state index in [0.717, 1.165) is 0 Å². The standard InChI is InChI=1S/C10H13BrN2O3S/c11-9-2-1-3-10(12-9)13-17(14,15)8-4-6-16-7-5-8/h1-3,8H,4-7H2,(H,12,13). The van der Waals surface area contributed by atoms with Gasteiger partial charge in [0.1, 0.15) is 10.4 Å². The van der Waals surface area contributed by atoms with Crippen molar-refractivity contribution in [3.63, 3.8) is 0 Å². The van der Waals surface area contributed by atoms with Gasteiger partial charge in [-0.05, 0) is 40.9 Å². The van der Waals surface area contributed by atoms with Crippen molar-refractivity contribution in [1.29, 1.82) is 0 Å². The lowest BCUT2D eigenvalue weighted by Crippen LogP contribution is -2.33. The first-order valence-electron chi connectivity index (χ1n) is 5.30. The summed E-state index contributed by atoms with van der Waals surface area (Å²) >= 11 is 3.20. The Labute approximate surface area is 109 Å². The molecule has 1 saturated heterocycles. The summed E-state index contributed by atoms with van der Waals surface area (Å²) in [7, 11) is -3.37. The van der Waals surface area contributed by atoms with Crippen molar-refractivity contribution in [3.05, 3.63) is 22.8 Å². The van der Waals surface area contributed by atoms with Crippen LogP contribution in [0.2, 0.25) is 0 Å². The topological polar surface area (TPSA) is 68.3 Å². The predicted octanol–water partition coefficient (Wildman–Crippen LogP) is 1.76. The van der Waals surface area contributed by atoms with E-state index in [-0.39, 0.29) is 0 Å². The number of nitrogens with one attached hydrogen (secondary N) is 1. The second kappa shape index (κ2) is 5.32. The Balaban J connectivity index is 2.11. The molecule has 1 aliphatic rings. The van der Waals surface area contributed by atoms with Gasteiger partial charge in [-0.15, -0.1) is 0 Å². The van der Waals surface area contributed by atoms with E-state index in [1.54, 1.807) is 18.2 Å². The Kier molecular flexibility index (Phi) is 4.01. The summed E-state index contributed by atoms with van der Waals surface area (Å²) in [5.41, 5.74) is 0. The molecule has 1 fully saturated rings. The summed E-state index contributed by atoms with van der Waals surface area (Å²) in [6, 6.07) is 5.10. The van der Waals surface area contributed by atoms with Crippen LogP contribution in [0.25, 0.3) is 0 Å². The van der Waals surface area contributed by atoms with Crippen LogP contribution in [-0.2, 0) is 14.8 Å². The third-order valence-corrected chi connectivity index (χ3v) is 4.85. The molecule has 0 bridgehead atoms. The van der Waals surface area contributed by atoms with Gasteiger partial charge in [0.05, 0.1) is 5.25 Å². The average molecular weight is 321 g/mol. The molecule has 94 valence electrons. The Hall–Kier alpha value is -0.660. The van der Waals surface area contributed by atoms with Crippen LogP contribution >= 0.6 is 15.9 Å². The van der Waals surface area contributed by atoms with Gasteiger partial charge in [-0.3, -0.25) is 4.72 Å². The van der Waals surface area contributed by atoms with Crippen LogP contribution in [0.5, 0.6) is 0 Å². The Morgan fingerprint density at radius 2 is 2.06 bits per heavy atom. The Morgan fingerprint density at radius 3 is 2.71 bits per heavy atom. The van der Waals surface area contributed by atoms with E-state index < -0.39 is 15.3 Å². The van der Waals surface area contributed by atoms with E-state index in [9.17, 15) is 8.42 Å². The monoisotopic (exact) mass is 320 g/mol. The zero-order valence-electron chi connectivity index (χ0n) is 9.10. The SMILES string of the molecule is O=S(=O)(Nc1cccc(Br)n1)C1CCOCC1. The molecule has 1 aliphatic heterocycles. The molecule has 7 heteroatoms. The lowest BCUT2D eigenvalue weighted by atomic mass is 10.2.